The molecule has 0 unspecified atom stereocenters. The average Bonchev–Trinajstić information content (AvgIpc) is 2.92. The summed E-state index contributed by atoms with van der Waals surface area (Å²) in [6, 6.07) is 4.85. The molecule has 0 atom stereocenters. The van der Waals surface area contributed by atoms with Crippen molar-refractivity contribution in [2.24, 2.45) is 0 Å². The van der Waals surface area contributed by atoms with E-state index in [1.807, 2.05) is 0 Å². The van der Waals surface area contributed by atoms with E-state index in [4.69, 9.17) is 9.47 Å². The molecule has 2 aromatic rings. The maximum Gasteiger partial charge on any atom is 0.253 e. The van der Waals surface area contributed by atoms with Gasteiger partial charge in [-0.05, 0) is 17.7 Å². The highest BCUT2D eigenvalue weighted by molar-refractivity contribution is 5.48. The molecule has 3 rings (SSSR count). The molecule has 0 radical (unpaired) electrons. The lowest BCUT2D eigenvalue weighted by Gasteiger charge is -2.09. The normalized spacial score (nSPS) is 12.6. The third kappa shape index (κ3) is 2.44. The SMILES string of the molecule is Fc1nc(F)c(F)c(NCc2ccc3c(c2)OCO3)c1F. The highest BCUT2D eigenvalue weighted by Crippen LogP contribution is 2.33. The second-order valence-electron chi connectivity index (χ2n) is 4.24. The van der Waals surface area contributed by atoms with Crippen LogP contribution in [0.15, 0.2) is 18.2 Å². The van der Waals surface area contributed by atoms with Gasteiger partial charge in [-0.2, -0.15) is 22.5 Å². The van der Waals surface area contributed by atoms with Crippen molar-refractivity contribution in [2.45, 2.75) is 6.54 Å². The van der Waals surface area contributed by atoms with Gasteiger partial charge >= 0.3 is 0 Å². The number of halogens is 4. The third-order valence-corrected chi connectivity index (χ3v) is 2.90. The number of hydrogen-bond donors (Lipinski definition) is 1. The molecule has 2 heterocycles. The second kappa shape index (κ2) is 5.12. The van der Waals surface area contributed by atoms with Gasteiger partial charge in [-0.1, -0.05) is 6.07 Å². The van der Waals surface area contributed by atoms with Crippen LogP contribution in [0.25, 0.3) is 0 Å². The van der Waals surface area contributed by atoms with E-state index in [0.29, 0.717) is 17.1 Å². The largest absolute Gasteiger partial charge is 0.454 e. The van der Waals surface area contributed by atoms with Crippen molar-refractivity contribution in [1.29, 1.82) is 0 Å². The average molecular weight is 300 g/mol. The zero-order valence-electron chi connectivity index (χ0n) is 10.4. The number of nitrogens with zero attached hydrogens (tertiary/aromatic N) is 1. The van der Waals surface area contributed by atoms with Crippen LogP contribution in [0.2, 0.25) is 0 Å². The molecule has 0 aliphatic carbocycles. The number of hydrogen-bond acceptors (Lipinski definition) is 4. The molecular formula is C13H8F4N2O2. The first-order valence-corrected chi connectivity index (χ1v) is 5.88. The first kappa shape index (κ1) is 13.5. The Labute approximate surface area is 116 Å². The van der Waals surface area contributed by atoms with Crippen LogP contribution in [0.4, 0.5) is 23.2 Å². The summed E-state index contributed by atoms with van der Waals surface area (Å²) in [6.45, 7) is 0.0314. The lowest BCUT2D eigenvalue weighted by atomic mass is 10.2. The summed E-state index contributed by atoms with van der Waals surface area (Å²) in [5.74, 6) is -5.52. The minimum absolute atomic E-state index is 0.0621. The van der Waals surface area contributed by atoms with E-state index in [1.165, 1.54) is 0 Å². The van der Waals surface area contributed by atoms with Gasteiger partial charge in [0.2, 0.25) is 18.4 Å². The molecule has 1 aliphatic heterocycles. The summed E-state index contributed by atoms with van der Waals surface area (Å²) in [7, 11) is 0. The minimum Gasteiger partial charge on any atom is -0.454 e. The van der Waals surface area contributed by atoms with Gasteiger partial charge in [0.25, 0.3) is 11.9 Å². The Bertz CT molecular complexity index is 683. The Balaban J connectivity index is 1.82. The molecule has 1 aromatic heterocycles. The molecule has 1 N–H and O–H groups in total. The van der Waals surface area contributed by atoms with Gasteiger partial charge in [-0.25, -0.2) is 0 Å². The molecule has 0 amide bonds. The maximum atomic E-state index is 13.4. The number of aromatic nitrogens is 1. The summed E-state index contributed by atoms with van der Waals surface area (Å²) in [6.07, 6.45) is 0. The molecule has 0 saturated carbocycles. The van der Waals surface area contributed by atoms with Crippen LogP contribution in [-0.4, -0.2) is 11.8 Å². The number of rotatable bonds is 3. The van der Waals surface area contributed by atoms with Crippen LogP contribution in [-0.2, 0) is 6.54 Å². The van der Waals surface area contributed by atoms with Crippen molar-refractivity contribution in [2.75, 3.05) is 12.1 Å². The molecule has 0 spiro atoms. The minimum atomic E-state index is -1.71. The van der Waals surface area contributed by atoms with Crippen molar-refractivity contribution in [1.82, 2.24) is 4.98 Å². The van der Waals surface area contributed by atoms with Crippen LogP contribution >= 0.6 is 0 Å². The van der Waals surface area contributed by atoms with Crippen molar-refractivity contribution < 1.29 is 27.0 Å². The molecular weight excluding hydrogens is 292 g/mol. The van der Waals surface area contributed by atoms with Crippen molar-refractivity contribution >= 4 is 5.69 Å². The molecule has 1 aliphatic rings. The molecule has 1 aromatic carbocycles. The smallest absolute Gasteiger partial charge is 0.253 e. The van der Waals surface area contributed by atoms with E-state index in [0.717, 1.165) is 0 Å². The van der Waals surface area contributed by atoms with E-state index >= 15 is 0 Å². The molecule has 0 saturated heterocycles. The Kier molecular flexibility index (Phi) is 3.28. The fourth-order valence-corrected chi connectivity index (χ4v) is 1.88. The van der Waals surface area contributed by atoms with Gasteiger partial charge in [-0.15, -0.1) is 0 Å². The van der Waals surface area contributed by atoms with E-state index in [1.54, 1.807) is 18.2 Å². The Morgan fingerprint density at radius 1 is 1.00 bits per heavy atom. The van der Waals surface area contributed by atoms with E-state index in [-0.39, 0.29) is 13.3 Å². The van der Waals surface area contributed by atoms with E-state index in [9.17, 15) is 17.6 Å². The van der Waals surface area contributed by atoms with Crippen LogP contribution in [0.3, 0.4) is 0 Å². The van der Waals surface area contributed by atoms with Crippen molar-refractivity contribution in [3.63, 3.8) is 0 Å². The molecule has 110 valence electrons. The number of pyridine rings is 1. The van der Waals surface area contributed by atoms with Crippen LogP contribution in [0.1, 0.15) is 5.56 Å². The summed E-state index contributed by atoms with van der Waals surface area (Å²) < 4.78 is 63.0. The summed E-state index contributed by atoms with van der Waals surface area (Å²) in [5.41, 5.74) is -0.312. The molecule has 0 fully saturated rings. The van der Waals surface area contributed by atoms with Crippen LogP contribution < -0.4 is 14.8 Å². The van der Waals surface area contributed by atoms with Gasteiger partial charge in [0.1, 0.15) is 5.69 Å². The first-order valence-electron chi connectivity index (χ1n) is 5.88. The number of benzene rings is 1. The Hall–Kier alpha value is -2.51. The first-order chi connectivity index (χ1) is 10.1. The lowest BCUT2D eigenvalue weighted by molar-refractivity contribution is 0.174. The Morgan fingerprint density at radius 2 is 1.67 bits per heavy atom. The molecule has 0 bridgehead atoms. The van der Waals surface area contributed by atoms with Crippen LogP contribution in [0, 0.1) is 23.5 Å². The number of ether oxygens (including phenoxy) is 2. The summed E-state index contributed by atoms with van der Waals surface area (Å²) in [5, 5.41) is 2.30. The van der Waals surface area contributed by atoms with Crippen molar-refractivity contribution in [3.05, 3.63) is 47.3 Å². The van der Waals surface area contributed by atoms with Crippen molar-refractivity contribution in [3.8, 4) is 11.5 Å². The topological polar surface area (TPSA) is 43.4 Å². The van der Waals surface area contributed by atoms with E-state index in [2.05, 4.69) is 10.3 Å². The molecule has 21 heavy (non-hydrogen) atoms. The van der Waals surface area contributed by atoms with Gasteiger partial charge < -0.3 is 14.8 Å². The zero-order valence-corrected chi connectivity index (χ0v) is 10.4. The second-order valence-corrected chi connectivity index (χ2v) is 4.24. The standard InChI is InChI=1S/C13H8F4N2O2/c14-9-11(10(15)13(17)19-12(9)16)18-4-6-1-2-7-8(3-6)21-5-20-7/h1-3H,4-5H2,(H,18,19). The fourth-order valence-electron chi connectivity index (χ4n) is 1.88. The zero-order chi connectivity index (χ0) is 15.0. The number of fused-ring (bicyclic) bond motifs is 1. The molecule has 8 heteroatoms. The number of anilines is 1. The van der Waals surface area contributed by atoms with Gasteiger partial charge in [0, 0.05) is 6.54 Å². The maximum absolute atomic E-state index is 13.4. The lowest BCUT2D eigenvalue weighted by Crippen LogP contribution is -2.09. The highest BCUT2D eigenvalue weighted by atomic mass is 19.2. The van der Waals surface area contributed by atoms with Crippen LogP contribution in [0.5, 0.6) is 11.5 Å². The monoisotopic (exact) mass is 300 g/mol. The van der Waals surface area contributed by atoms with Gasteiger partial charge in [0.15, 0.2) is 11.5 Å². The predicted molar refractivity (Wildman–Crippen MR) is 64.0 cm³/mol. The Morgan fingerprint density at radius 3 is 2.38 bits per heavy atom. The van der Waals surface area contributed by atoms with E-state index < -0.39 is 29.2 Å². The van der Waals surface area contributed by atoms with Gasteiger partial charge in [-0.3, -0.25) is 0 Å². The number of nitrogens with one attached hydrogen (secondary N) is 1. The quantitative estimate of drug-likeness (QED) is 0.699. The molecule has 4 nitrogen and oxygen atoms in total. The highest BCUT2D eigenvalue weighted by Gasteiger charge is 2.20. The summed E-state index contributed by atoms with van der Waals surface area (Å²) in [4.78, 5) is 2.48. The fraction of sp³-hybridized carbons (Fsp3) is 0.154. The predicted octanol–water partition coefficient (Wildman–Crippen LogP) is 2.98. The third-order valence-electron chi connectivity index (χ3n) is 2.90. The summed E-state index contributed by atoms with van der Waals surface area (Å²) >= 11 is 0. The van der Waals surface area contributed by atoms with Gasteiger partial charge in [0.05, 0.1) is 0 Å².